The Hall–Kier alpha value is -0.600. The van der Waals surface area contributed by atoms with E-state index in [1.165, 1.54) is 6.07 Å². The molecule has 3 heteroatoms. The number of benzene rings is 1. The number of aliphatic hydroxyl groups is 1. The topological polar surface area (TPSA) is 20.2 Å². The number of halogens is 2. The first kappa shape index (κ1) is 11.5. The van der Waals surface area contributed by atoms with Crippen LogP contribution >= 0.6 is 11.6 Å². The molecule has 0 bridgehead atoms. The molecule has 1 aromatic carbocycles. The Morgan fingerprint density at radius 3 is 2.43 bits per heavy atom. The Morgan fingerprint density at radius 2 is 2.00 bits per heavy atom. The van der Waals surface area contributed by atoms with E-state index in [9.17, 15) is 9.50 Å². The summed E-state index contributed by atoms with van der Waals surface area (Å²) < 4.78 is 12.9. The van der Waals surface area contributed by atoms with Gasteiger partial charge in [-0.2, -0.15) is 0 Å². The van der Waals surface area contributed by atoms with Crippen LogP contribution in [0, 0.1) is 5.82 Å². The molecule has 14 heavy (non-hydrogen) atoms. The molecule has 0 aliphatic carbocycles. The predicted octanol–water partition coefficient (Wildman–Crippen LogP) is 3.35. The van der Waals surface area contributed by atoms with Crippen molar-refractivity contribution in [2.24, 2.45) is 0 Å². The second kappa shape index (κ2) is 3.87. The Bertz CT molecular complexity index is 331. The minimum absolute atomic E-state index is 0.0828. The zero-order chi connectivity index (χ0) is 10.9. The Morgan fingerprint density at radius 1 is 1.43 bits per heavy atom. The lowest BCUT2D eigenvalue weighted by Gasteiger charge is -2.26. The monoisotopic (exact) mass is 216 g/mol. The number of hydrogen-bond acceptors (Lipinski definition) is 1. The quantitative estimate of drug-likeness (QED) is 0.804. The smallest absolute Gasteiger partial charge is 0.141 e. The molecule has 0 heterocycles. The maximum absolute atomic E-state index is 12.9. The average Bonchev–Trinajstić information content (AvgIpc) is 2.07. The van der Waals surface area contributed by atoms with Crippen molar-refractivity contribution >= 4 is 11.6 Å². The molecule has 1 nitrogen and oxygen atoms in total. The fourth-order valence-electron chi connectivity index (χ4n) is 1.19. The highest BCUT2D eigenvalue weighted by atomic mass is 35.5. The third-order valence-corrected chi connectivity index (χ3v) is 2.79. The van der Waals surface area contributed by atoms with E-state index in [1.54, 1.807) is 26.0 Å². The fourth-order valence-corrected chi connectivity index (χ4v) is 1.38. The molecule has 1 aromatic rings. The maximum atomic E-state index is 12.9. The van der Waals surface area contributed by atoms with Crippen molar-refractivity contribution in [1.82, 2.24) is 0 Å². The van der Waals surface area contributed by atoms with Crippen molar-refractivity contribution in [3.63, 3.8) is 0 Å². The highest BCUT2D eigenvalue weighted by Crippen LogP contribution is 2.29. The van der Waals surface area contributed by atoms with Crippen LogP contribution in [0.5, 0.6) is 0 Å². The second-order valence-electron chi connectivity index (χ2n) is 4.05. The van der Waals surface area contributed by atoms with Gasteiger partial charge in [0, 0.05) is 5.92 Å². The van der Waals surface area contributed by atoms with Crippen LogP contribution in [0.1, 0.15) is 32.3 Å². The zero-order valence-corrected chi connectivity index (χ0v) is 9.27. The molecule has 0 fully saturated rings. The number of hydrogen-bond donors (Lipinski definition) is 1. The van der Waals surface area contributed by atoms with Gasteiger partial charge in [-0.15, -0.1) is 0 Å². The average molecular weight is 217 g/mol. The van der Waals surface area contributed by atoms with Crippen LogP contribution in [0.15, 0.2) is 18.2 Å². The molecule has 0 radical (unpaired) electrons. The van der Waals surface area contributed by atoms with E-state index in [2.05, 4.69) is 0 Å². The van der Waals surface area contributed by atoms with Crippen molar-refractivity contribution in [2.75, 3.05) is 0 Å². The van der Waals surface area contributed by atoms with Crippen LogP contribution < -0.4 is 0 Å². The highest BCUT2D eigenvalue weighted by molar-refractivity contribution is 6.30. The summed E-state index contributed by atoms with van der Waals surface area (Å²) in [6.45, 7) is 5.31. The van der Waals surface area contributed by atoms with Crippen LogP contribution in [-0.2, 0) is 0 Å². The van der Waals surface area contributed by atoms with Gasteiger partial charge in [-0.1, -0.05) is 24.6 Å². The van der Waals surface area contributed by atoms with Gasteiger partial charge in [-0.3, -0.25) is 0 Å². The van der Waals surface area contributed by atoms with E-state index < -0.39 is 11.4 Å². The van der Waals surface area contributed by atoms with Gasteiger partial charge < -0.3 is 5.11 Å². The molecule has 0 saturated heterocycles. The van der Waals surface area contributed by atoms with E-state index in [0.717, 1.165) is 5.56 Å². The molecule has 0 aliphatic heterocycles. The van der Waals surface area contributed by atoms with Gasteiger partial charge in [-0.25, -0.2) is 4.39 Å². The fraction of sp³-hybridized carbons (Fsp3) is 0.455. The summed E-state index contributed by atoms with van der Waals surface area (Å²) in [7, 11) is 0. The van der Waals surface area contributed by atoms with Gasteiger partial charge in [0.05, 0.1) is 10.6 Å². The molecule has 1 atom stereocenters. The van der Waals surface area contributed by atoms with Crippen molar-refractivity contribution < 1.29 is 9.50 Å². The second-order valence-corrected chi connectivity index (χ2v) is 4.46. The van der Waals surface area contributed by atoms with Crippen LogP contribution in [0.4, 0.5) is 4.39 Å². The van der Waals surface area contributed by atoms with Crippen LogP contribution in [-0.4, -0.2) is 10.7 Å². The van der Waals surface area contributed by atoms with E-state index >= 15 is 0 Å². The summed E-state index contributed by atoms with van der Waals surface area (Å²) in [5.41, 5.74) is 0.00476. The normalized spacial score (nSPS) is 14.1. The first-order valence-electron chi connectivity index (χ1n) is 4.49. The first-order chi connectivity index (χ1) is 6.32. The summed E-state index contributed by atoms with van der Waals surface area (Å²) in [5.74, 6) is -0.515. The minimum Gasteiger partial charge on any atom is -0.390 e. The minimum atomic E-state index is -0.832. The van der Waals surface area contributed by atoms with Crippen LogP contribution in [0.25, 0.3) is 0 Å². The Labute approximate surface area is 88.5 Å². The van der Waals surface area contributed by atoms with E-state index in [0.29, 0.717) is 0 Å². The molecule has 0 unspecified atom stereocenters. The van der Waals surface area contributed by atoms with Crippen molar-refractivity contribution in [1.29, 1.82) is 0 Å². The first-order valence-corrected chi connectivity index (χ1v) is 4.87. The maximum Gasteiger partial charge on any atom is 0.141 e. The van der Waals surface area contributed by atoms with Gasteiger partial charge in [0.2, 0.25) is 0 Å². The summed E-state index contributed by atoms with van der Waals surface area (Å²) in [5, 5.41) is 9.86. The van der Waals surface area contributed by atoms with Gasteiger partial charge in [0.1, 0.15) is 5.82 Å². The van der Waals surface area contributed by atoms with E-state index in [1.807, 2.05) is 6.92 Å². The lowest BCUT2D eigenvalue weighted by Crippen LogP contribution is -2.26. The molecular weight excluding hydrogens is 203 g/mol. The number of rotatable bonds is 2. The van der Waals surface area contributed by atoms with Crippen molar-refractivity contribution in [3.8, 4) is 0 Å². The summed E-state index contributed by atoms with van der Waals surface area (Å²) in [6.07, 6.45) is 0. The summed E-state index contributed by atoms with van der Waals surface area (Å²) in [4.78, 5) is 0. The lowest BCUT2D eigenvalue weighted by atomic mass is 9.86. The highest BCUT2D eigenvalue weighted by Gasteiger charge is 2.24. The molecule has 0 saturated carbocycles. The van der Waals surface area contributed by atoms with E-state index in [-0.39, 0.29) is 10.9 Å². The molecule has 1 N–H and O–H groups in total. The third-order valence-electron chi connectivity index (χ3n) is 2.50. The third kappa shape index (κ3) is 2.46. The van der Waals surface area contributed by atoms with E-state index in [4.69, 9.17) is 11.6 Å². The SMILES string of the molecule is C[C@@H](c1ccc(F)c(Cl)c1)C(C)(C)O. The van der Waals surface area contributed by atoms with Gasteiger partial charge >= 0.3 is 0 Å². The molecule has 0 amide bonds. The Balaban J connectivity index is 3.03. The predicted molar refractivity (Wildman–Crippen MR) is 56.1 cm³/mol. The van der Waals surface area contributed by atoms with Gasteiger partial charge in [0.15, 0.2) is 0 Å². The molecule has 78 valence electrons. The standard InChI is InChI=1S/C11H14ClFO/c1-7(11(2,3)14)8-4-5-10(13)9(12)6-8/h4-7,14H,1-3H3/t7-/m0/s1. The van der Waals surface area contributed by atoms with Crippen molar-refractivity contribution in [3.05, 3.63) is 34.6 Å². The largest absolute Gasteiger partial charge is 0.390 e. The zero-order valence-electron chi connectivity index (χ0n) is 8.51. The van der Waals surface area contributed by atoms with Gasteiger partial charge in [-0.05, 0) is 31.5 Å². The molecule has 0 aliphatic rings. The van der Waals surface area contributed by atoms with Crippen molar-refractivity contribution in [2.45, 2.75) is 32.3 Å². The summed E-state index contributed by atoms with van der Waals surface area (Å²) >= 11 is 5.65. The summed E-state index contributed by atoms with van der Waals surface area (Å²) in [6, 6.07) is 4.52. The van der Waals surface area contributed by atoms with Gasteiger partial charge in [0.25, 0.3) is 0 Å². The van der Waals surface area contributed by atoms with Crippen LogP contribution in [0.2, 0.25) is 5.02 Å². The molecule has 1 rings (SSSR count). The molecule has 0 spiro atoms. The van der Waals surface area contributed by atoms with Crippen LogP contribution in [0.3, 0.4) is 0 Å². The Kier molecular flexibility index (Phi) is 3.17. The molecule has 0 aromatic heterocycles. The molecular formula is C11H14ClFO. The lowest BCUT2D eigenvalue weighted by molar-refractivity contribution is 0.0558.